The molecule has 2 aromatic rings. The smallest absolute Gasteiger partial charge is 0.163 e. The summed E-state index contributed by atoms with van der Waals surface area (Å²) < 4.78 is 2.76. The lowest BCUT2D eigenvalue weighted by Crippen LogP contribution is -2.00. The van der Waals surface area contributed by atoms with E-state index in [4.69, 9.17) is 0 Å². The van der Waals surface area contributed by atoms with Crippen LogP contribution in [-0.4, -0.2) is 15.6 Å². The number of carbonyl (C=O) groups excluding carboxylic acids is 1. The fraction of sp³-hybridized carbons (Fsp3) is 0.167. The fourth-order valence-corrected chi connectivity index (χ4v) is 2.01. The molecular weight excluding hydrogens is 268 g/mol. The average Bonchev–Trinajstić information content (AvgIpc) is 2.60. The minimum Gasteiger partial charge on any atom is -0.294 e. The molecule has 3 nitrogen and oxygen atoms in total. The van der Waals surface area contributed by atoms with Gasteiger partial charge in [0.1, 0.15) is 0 Å². The van der Waals surface area contributed by atoms with Crippen LogP contribution in [0.3, 0.4) is 0 Å². The first-order valence-corrected chi connectivity index (χ1v) is 5.70. The number of hydrogen-bond acceptors (Lipinski definition) is 2. The summed E-state index contributed by atoms with van der Waals surface area (Å²) in [5, 5.41) is 4.22. The summed E-state index contributed by atoms with van der Waals surface area (Å²) in [6.45, 7) is 3.44. The Kier molecular flexibility index (Phi) is 2.92. The van der Waals surface area contributed by atoms with Gasteiger partial charge in [0.2, 0.25) is 0 Å². The van der Waals surface area contributed by atoms with Gasteiger partial charge in [-0.3, -0.25) is 4.79 Å². The van der Waals surface area contributed by atoms with Crippen molar-refractivity contribution in [2.24, 2.45) is 0 Å². The van der Waals surface area contributed by atoms with Crippen molar-refractivity contribution >= 4 is 21.7 Å². The van der Waals surface area contributed by atoms with Crippen LogP contribution in [0.5, 0.6) is 0 Å². The highest BCUT2D eigenvalue weighted by Crippen LogP contribution is 2.18. The molecule has 0 bridgehead atoms. The predicted octanol–water partition coefficient (Wildman–Crippen LogP) is 3.15. The van der Waals surface area contributed by atoms with E-state index in [1.165, 1.54) is 0 Å². The van der Waals surface area contributed by atoms with Crippen molar-refractivity contribution in [1.82, 2.24) is 9.78 Å². The summed E-state index contributed by atoms with van der Waals surface area (Å²) in [5.41, 5.74) is 2.48. The molecule has 0 unspecified atom stereocenters. The SMILES string of the molecule is CC(=O)c1cnn(-c2cccc(Br)c2)c1C. The van der Waals surface area contributed by atoms with Crippen molar-refractivity contribution in [1.29, 1.82) is 0 Å². The molecule has 1 aromatic carbocycles. The Hall–Kier alpha value is -1.42. The van der Waals surface area contributed by atoms with Gasteiger partial charge >= 0.3 is 0 Å². The summed E-state index contributed by atoms with van der Waals surface area (Å²) in [7, 11) is 0. The van der Waals surface area contributed by atoms with Crippen molar-refractivity contribution in [3.63, 3.8) is 0 Å². The highest BCUT2D eigenvalue weighted by atomic mass is 79.9. The van der Waals surface area contributed by atoms with Gasteiger partial charge in [-0.15, -0.1) is 0 Å². The predicted molar refractivity (Wildman–Crippen MR) is 66.0 cm³/mol. The van der Waals surface area contributed by atoms with Gasteiger partial charge in [0.25, 0.3) is 0 Å². The Morgan fingerprint density at radius 1 is 1.44 bits per heavy atom. The molecule has 0 atom stereocenters. The van der Waals surface area contributed by atoms with E-state index in [1.807, 2.05) is 31.2 Å². The maximum absolute atomic E-state index is 11.3. The second-order valence-corrected chi connectivity index (χ2v) is 4.51. The summed E-state index contributed by atoms with van der Waals surface area (Å²) in [6, 6.07) is 7.81. The Morgan fingerprint density at radius 2 is 2.19 bits per heavy atom. The third-order valence-corrected chi connectivity index (χ3v) is 2.94. The number of nitrogens with zero attached hydrogens (tertiary/aromatic N) is 2. The molecule has 1 heterocycles. The summed E-state index contributed by atoms with van der Waals surface area (Å²) in [4.78, 5) is 11.3. The molecule has 0 aliphatic rings. The number of carbonyl (C=O) groups is 1. The average molecular weight is 279 g/mol. The van der Waals surface area contributed by atoms with Crippen LogP contribution >= 0.6 is 15.9 Å². The summed E-state index contributed by atoms with van der Waals surface area (Å²) in [6.07, 6.45) is 1.61. The van der Waals surface area contributed by atoms with Gasteiger partial charge in [-0.25, -0.2) is 4.68 Å². The molecule has 82 valence electrons. The molecule has 1 aromatic heterocycles. The molecule has 0 saturated carbocycles. The second-order valence-electron chi connectivity index (χ2n) is 3.59. The largest absolute Gasteiger partial charge is 0.294 e. The topological polar surface area (TPSA) is 34.9 Å². The van der Waals surface area contributed by atoms with Crippen molar-refractivity contribution < 1.29 is 4.79 Å². The van der Waals surface area contributed by atoms with E-state index in [-0.39, 0.29) is 5.78 Å². The van der Waals surface area contributed by atoms with Crippen LogP contribution in [-0.2, 0) is 0 Å². The van der Waals surface area contributed by atoms with E-state index >= 15 is 0 Å². The number of halogens is 1. The van der Waals surface area contributed by atoms with Crippen LogP contribution in [0.25, 0.3) is 5.69 Å². The Bertz CT molecular complexity index is 546. The molecule has 16 heavy (non-hydrogen) atoms. The molecule has 0 spiro atoms. The molecule has 0 aliphatic heterocycles. The molecule has 0 saturated heterocycles. The second kappa shape index (κ2) is 4.22. The number of Topliss-reactive ketones (excluding diaryl/α,β-unsaturated/α-hetero) is 1. The van der Waals surface area contributed by atoms with Crippen LogP contribution in [0.1, 0.15) is 23.0 Å². The van der Waals surface area contributed by atoms with Crippen molar-refractivity contribution in [2.45, 2.75) is 13.8 Å². The molecule has 0 amide bonds. The van der Waals surface area contributed by atoms with Crippen molar-refractivity contribution in [3.8, 4) is 5.69 Å². The molecule has 0 radical (unpaired) electrons. The first-order valence-electron chi connectivity index (χ1n) is 4.91. The number of rotatable bonds is 2. The number of aromatic nitrogens is 2. The van der Waals surface area contributed by atoms with Crippen LogP contribution in [0, 0.1) is 6.92 Å². The first-order chi connectivity index (χ1) is 7.59. The monoisotopic (exact) mass is 278 g/mol. The van der Waals surface area contributed by atoms with Gasteiger partial charge in [-0.05, 0) is 32.0 Å². The molecule has 0 aliphatic carbocycles. The van der Waals surface area contributed by atoms with Gasteiger partial charge in [0, 0.05) is 4.47 Å². The van der Waals surface area contributed by atoms with Gasteiger partial charge in [0.15, 0.2) is 5.78 Å². The highest BCUT2D eigenvalue weighted by Gasteiger charge is 2.11. The third kappa shape index (κ3) is 1.93. The zero-order valence-electron chi connectivity index (χ0n) is 9.07. The molecule has 0 N–H and O–H groups in total. The molecule has 2 rings (SSSR count). The van der Waals surface area contributed by atoms with E-state index < -0.39 is 0 Å². The Balaban J connectivity index is 2.53. The molecule has 0 fully saturated rings. The van der Waals surface area contributed by atoms with Crippen LogP contribution in [0.2, 0.25) is 0 Å². The standard InChI is InChI=1S/C12H11BrN2O/c1-8-12(9(2)16)7-14-15(8)11-5-3-4-10(13)6-11/h3-7H,1-2H3. The lowest BCUT2D eigenvalue weighted by atomic mass is 10.2. The van der Waals surface area contributed by atoms with Gasteiger partial charge in [-0.2, -0.15) is 5.10 Å². The third-order valence-electron chi connectivity index (χ3n) is 2.44. The quantitative estimate of drug-likeness (QED) is 0.791. The fourth-order valence-electron chi connectivity index (χ4n) is 1.62. The normalized spacial score (nSPS) is 10.4. The number of ketones is 1. The zero-order chi connectivity index (χ0) is 11.7. The Morgan fingerprint density at radius 3 is 2.75 bits per heavy atom. The maximum atomic E-state index is 11.3. The lowest BCUT2D eigenvalue weighted by molar-refractivity contribution is 0.101. The van der Waals surface area contributed by atoms with Crippen molar-refractivity contribution in [2.75, 3.05) is 0 Å². The van der Waals surface area contributed by atoms with Crippen molar-refractivity contribution in [3.05, 3.63) is 46.2 Å². The van der Waals surface area contributed by atoms with Gasteiger partial charge in [0.05, 0.1) is 23.1 Å². The van der Waals surface area contributed by atoms with Crippen LogP contribution in [0.15, 0.2) is 34.9 Å². The minimum atomic E-state index is 0.0405. The molecule has 4 heteroatoms. The van der Waals surface area contributed by atoms with Crippen LogP contribution < -0.4 is 0 Å². The maximum Gasteiger partial charge on any atom is 0.163 e. The van der Waals surface area contributed by atoms with Gasteiger partial charge < -0.3 is 0 Å². The van der Waals surface area contributed by atoms with E-state index in [9.17, 15) is 4.79 Å². The first kappa shape index (κ1) is 11.1. The van der Waals surface area contributed by atoms with E-state index in [2.05, 4.69) is 21.0 Å². The summed E-state index contributed by atoms with van der Waals surface area (Å²) in [5.74, 6) is 0.0405. The Labute approximate surface area is 102 Å². The highest BCUT2D eigenvalue weighted by molar-refractivity contribution is 9.10. The number of hydrogen-bond donors (Lipinski definition) is 0. The van der Waals surface area contributed by atoms with E-state index in [1.54, 1.807) is 17.8 Å². The minimum absolute atomic E-state index is 0.0405. The lowest BCUT2D eigenvalue weighted by Gasteiger charge is -2.04. The summed E-state index contributed by atoms with van der Waals surface area (Å²) >= 11 is 3.41. The van der Waals surface area contributed by atoms with E-state index in [0.29, 0.717) is 5.56 Å². The van der Waals surface area contributed by atoms with E-state index in [0.717, 1.165) is 15.9 Å². The number of benzene rings is 1. The van der Waals surface area contributed by atoms with Crippen LogP contribution in [0.4, 0.5) is 0 Å². The van der Waals surface area contributed by atoms with Gasteiger partial charge in [-0.1, -0.05) is 22.0 Å². The molecular formula is C12H11BrN2O. The zero-order valence-corrected chi connectivity index (χ0v) is 10.7.